The normalized spacial score (nSPS) is 16.8. The fourth-order valence-corrected chi connectivity index (χ4v) is 3.14. The first-order chi connectivity index (χ1) is 11.5. The average molecular weight is 329 g/mol. The van der Waals surface area contributed by atoms with Gasteiger partial charge in [0.1, 0.15) is 5.82 Å². The number of ketones is 1. The highest BCUT2D eigenvalue weighted by atomic mass is 19.1. The van der Waals surface area contributed by atoms with Crippen LogP contribution in [-0.2, 0) is 16.1 Å². The van der Waals surface area contributed by atoms with Gasteiger partial charge in [0.15, 0.2) is 0 Å². The molecule has 0 N–H and O–H groups in total. The molecule has 1 unspecified atom stereocenters. The number of fused-ring (bicyclic) bond motifs is 1. The zero-order valence-corrected chi connectivity index (χ0v) is 13.8. The number of aromatic nitrogens is 1. The van der Waals surface area contributed by atoms with E-state index in [2.05, 4.69) is 0 Å². The van der Waals surface area contributed by atoms with Crippen LogP contribution in [0.5, 0.6) is 0 Å². The van der Waals surface area contributed by atoms with Gasteiger partial charge in [0.25, 0.3) is 0 Å². The van der Waals surface area contributed by atoms with Gasteiger partial charge in [-0.3, -0.25) is 9.59 Å². The largest absolute Gasteiger partial charge is 0.462 e. The summed E-state index contributed by atoms with van der Waals surface area (Å²) in [5, 5.41) is 0. The third-order valence-electron chi connectivity index (χ3n) is 4.22. The maximum Gasteiger partial charge on any atom is 0.315 e. The van der Waals surface area contributed by atoms with Crippen molar-refractivity contribution in [3.8, 4) is 0 Å². The molecule has 1 aromatic heterocycles. The zero-order chi connectivity index (χ0) is 17.3. The summed E-state index contributed by atoms with van der Waals surface area (Å²) in [6, 6.07) is 9.06. The second kappa shape index (κ2) is 6.59. The summed E-state index contributed by atoms with van der Waals surface area (Å²) < 4.78 is 20.3. The molecule has 0 saturated carbocycles. The zero-order valence-electron chi connectivity index (χ0n) is 13.8. The van der Waals surface area contributed by atoms with Crippen molar-refractivity contribution in [2.75, 3.05) is 0 Å². The van der Waals surface area contributed by atoms with Gasteiger partial charge in [0.2, 0.25) is 5.78 Å². The van der Waals surface area contributed by atoms with Gasteiger partial charge in [0.05, 0.1) is 17.7 Å². The van der Waals surface area contributed by atoms with Gasteiger partial charge in [0, 0.05) is 17.8 Å². The minimum absolute atomic E-state index is 0.164. The molecule has 0 spiro atoms. The highest BCUT2D eigenvalue weighted by Crippen LogP contribution is 2.31. The minimum Gasteiger partial charge on any atom is -0.462 e. The molecule has 1 aliphatic rings. The number of hydrogen-bond donors (Lipinski definition) is 0. The Bertz CT molecular complexity index is 761. The van der Waals surface area contributed by atoms with Crippen molar-refractivity contribution >= 4 is 11.8 Å². The summed E-state index contributed by atoms with van der Waals surface area (Å²) >= 11 is 0. The number of esters is 1. The number of nitrogens with zero attached hydrogens (tertiary/aromatic N) is 1. The lowest BCUT2D eigenvalue weighted by Gasteiger charge is -2.25. The lowest BCUT2D eigenvalue weighted by molar-refractivity contribution is -0.149. The van der Waals surface area contributed by atoms with Crippen LogP contribution >= 0.6 is 0 Å². The molecule has 0 radical (unpaired) electrons. The summed E-state index contributed by atoms with van der Waals surface area (Å²) in [6.07, 6.45) is 1.37. The molecule has 1 aromatic carbocycles. The van der Waals surface area contributed by atoms with Gasteiger partial charge in [-0.25, -0.2) is 4.39 Å². The monoisotopic (exact) mass is 329 g/mol. The third-order valence-corrected chi connectivity index (χ3v) is 4.22. The Labute approximate surface area is 140 Å². The van der Waals surface area contributed by atoms with E-state index < -0.39 is 0 Å². The number of hydrogen-bond acceptors (Lipinski definition) is 3. The van der Waals surface area contributed by atoms with Crippen LogP contribution in [0.15, 0.2) is 36.4 Å². The fraction of sp³-hybridized carbons (Fsp3) is 0.368. The Balaban J connectivity index is 1.90. The highest BCUT2D eigenvalue weighted by molar-refractivity contribution is 6.08. The van der Waals surface area contributed by atoms with Crippen molar-refractivity contribution in [2.45, 2.75) is 45.3 Å². The first-order valence-corrected chi connectivity index (χ1v) is 8.17. The highest BCUT2D eigenvalue weighted by Gasteiger charge is 2.31. The van der Waals surface area contributed by atoms with Gasteiger partial charge in [-0.2, -0.15) is 0 Å². The van der Waals surface area contributed by atoms with E-state index in [0.717, 1.165) is 18.5 Å². The number of halogens is 1. The standard InChI is InChI=1S/C19H20FNO3/c1-12(2)24-19(23)15-4-3-11-21-16(15)9-10-17(21)18(22)13-5-7-14(20)8-6-13/h5-10,12,15H,3-4,11H2,1-2H3. The Hall–Kier alpha value is -2.43. The number of ether oxygens (including phenoxy) is 1. The van der Waals surface area contributed by atoms with Crippen molar-refractivity contribution in [1.82, 2.24) is 4.57 Å². The molecular formula is C19H20FNO3. The second-order valence-corrected chi connectivity index (χ2v) is 6.31. The molecule has 5 heteroatoms. The van der Waals surface area contributed by atoms with Crippen LogP contribution in [0.4, 0.5) is 4.39 Å². The number of carbonyl (C=O) groups is 2. The van der Waals surface area contributed by atoms with E-state index in [1.165, 1.54) is 24.3 Å². The topological polar surface area (TPSA) is 48.3 Å². The Kier molecular flexibility index (Phi) is 4.51. The van der Waals surface area contributed by atoms with E-state index in [9.17, 15) is 14.0 Å². The summed E-state index contributed by atoms with van der Waals surface area (Å²) in [6.45, 7) is 4.34. The third kappa shape index (κ3) is 3.11. The van der Waals surface area contributed by atoms with E-state index in [1.54, 1.807) is 6.07 Å². The number of rotatable bonds is 4. The van der Waals surface area contributed by atoms with Crippen LogP contribution in [0.2, 0.25) is 0 Å². The minimum atomic E-state index is -0.375. The van der Waals surface area contributed by atoms with Crippen LogP contribution in [0, 0.1) is 5.82 Å². The Morgan fingerprint density at radius 2 is 1.88 bits per heavy atom. The maximum absolute atomic E-state index is 13.0. The summed E-state index contributed by atoms with van der Waals surface area (Å²) in [5.74, 6) is -1.12. The SMILES string of the molecule is CC(C)OC(=O)C1CCCn2c(C(=O)c3ccc(F)cc3)ccc21. The molecule has 126 valence electrons. The summed E-state index contributed by atoms with van der Waals surface area (Å²) in [7, 11) is 0. The lowest BCUT2D eigenvalue weighted by Crippen LogP contribution is -2.27. The molecule has 0 amide bonds. The van der Waals surface area contributed by atoms with E-state index in [0.29, 0.717) is 17.8 Å². The van der Waals surface area contributed by atoms with Crippen molar-refractivity contribution in [2.24, 2.45) is 0 Å². The first kappa shape index (κ1) is 16.4. The molecule has 0 saturated heterocycles. The van der Waals surface area contributed by atoms with E-state index >= 15 is 0 Å². The molecular weight excluding hydrogens is 309 g/mol. The number of carbonyl (C=O) groups excluding carboxylic acids is 2. The number of benzene rings is 1. The first-order valence-electron chi connectivity index (χ1n) is 8.17. The van der Waals surface area contributed by atoms with Gasteiger partial charge in [-0.05, 0) is 63.1 Å². The predicted octanol–water partition coefficient (Wildman–Crippen LogP) is 3.69. The Morgan fingerprint density at radius 3 is 2.54 bits per heavy atom. The molecule has 4 nitrogen and oxygen atoms in total. The van der Waals surface area contributed by atoms with Crippen molar-refractivity contribution in [3.63, 3.8) is 0 Å². The molecule has 2 aromatic rings. The van der Waals surface area contributed by atoms with Crippen molar-refractivity contribution in [1.29, 1.82) is 0 Å². The van der Waals surface area contributed by atoms with Crippen molar-refractivity contribution < 1.29 is 18.7 Å². The lowest BCUT2D eigenvalue weighted by atomic mass is 9.96. The van der Waals surface area contributed by atoms with Crippen LogP contribution in [0.1, 0.15) is 54.4 Å². The van der Waals surface area contributed by atoms with E-state index in [4.69, 9.17) is 4.74 Å². The molecule has 0 fully saturated rings. The van der Waals surface area contributed by atoms with Gasteiger partial charge in [-0.1, -0.05) is 0 Å². The molecule has 3 rings (SSSR count). The van der Waals surface area contributed by atoms with Crippen LogP contribution in [-0.4, -0.2) is 22.4 Å². The smallest absolute Gasteiger partial charge is 0.315 e. The van der Waals surface area contributed by atoms with Crippen LogP contribution in [0.25, 0.3) is 0 Å². The fourth-order valence-electron chi connectivity index (χ4n) is 3.14. The van der Waals surface area contributed by atoms with Gasteiger partial charge in [-0.15, -0.1) is 0 Å². The summed E-state index contributed by atoms with van der Waals surface area (Å²) in [4.78, 5) is 25.0. The van der Waals surface area contributed by atoms with Crippen molar-refractivity contribution in [3.05, 3.63) is 59.2 Å². The molecule has 0 bridgehead atoms. The molecule has 24 heavy (non-hydrogen) atoms. The summed E-state index contributed by atoms with van der Waals surface area (Å²) in [5.41, 5.74) is 1.78. The second-order valence-electron chi connectivity index (χ2n) is 6.31. The van der Waals surface area contributed by atoms with Crippen LogP contribution in [0.3, 0.4) is 0 Å². The molecule has 2 heterocycles. The molecule has 0 aliphatic carbocycles. The molecule has 1 atom stereocenters. The van der Waals surface area contributed by atoms with Gasteiger partial charge < -0.3 is 9.30 Å². The van der Waals surface area contributed by atoms with Gasteiger partial charge >= 0.3 is 5.97 Å². The van der Waals surface area contributed by atoms with E-state index in [-0.39, 0.29) is 29.6 Å². The predicted molar refractivity (Wildman–Crippen MR) is 87.5 cm³/mol. The van der Waals surface area contributed by atoms with E-state index in [1.807, 2.05) is 24.5 Å². The molecule has 1 aliphatic heterocycles. The maximum atomic E-state index is 13.0. The Morgan fingerprint density at radius 1 is 1.17 bits per heavy atom. The average Bonchev–Trinajstić information content (AvgIpc) is 2.98. The van der Waals surface area contributed by atoms with Crippen LogP contribution < -0.4 is 0 Å². The quantitative estimate of drug-likeness (QED) is 0.635.